The molecule has 0 bridgehead atoms. The lowest BCUT2D eigenvalue weighted by Crippen LogP contribution is -2.24. The highest BCUT2D eigenvalue weighted by molar-refractivity contribution is 7.15. The molecule has 0 aliphatic rings. The molecule has 0 saturated carbocycles. The first-order valence-corrected chi connectivity index (χ1v) is 6.26. The average molecular weight is 253 g/mol. The number of aryl methyl sites for hydroxylation is 1. The maximum absolute atomic E-state index is 11.9. The van der Waals surface area contributed by atoms with Crippen molar-refractivity contribution in [1.29, 1.82) is 0 Å². The maximum atomic E-state index is 11.9. The molecule has 0 fully saturated rings. The first-order valence-electron chi connectivity index (χ1n) is 5.38. The van der Waals surface area contributed by atoms with Gasteiger partial charge in [0.05, 0.1) is 12.3 Å². The lowest BCUT2D eigenvalue weighted by Gasteiger charge is -2.13. The summed E-state index contributed by atoms with van der Waals surface area (Å²) < 4.78 is 1.61. The van der Waals surface area contributed by atoms with Crippen molar-refractivity contribution < 1.29 is 5.11 Å². The highest BCUT2D eigenvalue weighted by atomic mass is 32.1. The number of fused-ring (bicyclic) bond motifs is 1. The highest BCUT2D eigenvalue weighted by Crippen LogP contribution is 2.11. The molecule has 6 heteroatoms. The second kappa shape index (κ2) is 4.95. The van der Waals surface area contributed by atoms with Crippen LogP contribution in [0.4, 0.5) is 0 Å². The molecule has 1 N–H and O–H groups in total. The minimum atomic E-state index is -0.0406. The second-order valence-corrected chi connectivity index (χ2v) is 4.88. The van der Waals surface area contributed by atoms with Gasteiger partial charge in [0.25, 0.3) is 5.56 Å². The van der Waals surface area contributed by atoms with Crippen LogP contribution in [0.1, 0.15) is 11.4 Å². The SMILES string of the molecule is Cc1csc2nc(CN(C)CCO)cc(=O)n12. The van der Waals surface area contributed by atoms with Gasteiger partial charge in [0, 0.05) is 30.2 Å². The molecule has 0 unspecified atom stereocenters. The summed E-state index contributed by atoms with van der Waals surface area (Å²) in [5, 5.41) is 10.7. The molecule has 2 rings (SSSR count). The van der Waals surface area contributed by atoms with E-state index in [0.29, 0.717) is 13.1 Å². The summed E-state index contributed by atoms with van der Waals surface area (Å²) in [5.41, 5.74) is 1.62. The highest BCUT2D eigenvalue weighted by Gasteiger charge is 2.07. The Hall–Kier alpha value is -1.24. The van der Waals surface area contributed by atoms with Crippen LogP contribution in [0.2, 0.25) is 0 Å². The zero-order chi connectivity index (χ0) is 12.4. The van der Waals surface area contributed by atoms with E-state index in [9.17, 15) is 4.79 Å². The Bertz CT molecular complexity index is 576. The van der Waals surface area contributed by atoms with E-state index in [-0.39, 0.29) is 12.2 Å². The van der Waals surface area contributed by atoms with Gasteiger partial charge in [-0.25, -0.2) is 4.98 Å². The Morgan fingerprint density at radius 1 is 1.59 bits per heavy atom. The quantitative estimate of drug-likeness (QED) is 0.861. The van der Waals surface area contributed by atoms with Crippen molar-refractivity contribution >= 4 is 16.3 Å². The molecule has 0 aromatic carbocycles. The first-order chi connectivity index (χ1) is 8.11. The third kappa shape index (κ3) is 2.54. The number of thiazole rings is 1. The van der Waals surface area contributed by atoms with Crippen LogP contribution in [0, 0.1) is 6.92 Å². The number of hydrogen-bond acceptors (Lipinski definition) is 5. The number of hydrogen-bond donors (Lipinski definition) is 1. The second-order valence-electron chi connectivity index (χ2n) is 4.04. The van der Waals surface area contributed by atoms with Crippen molar-refractivity contribution in [3.05, 3.63) is 33.2 Å². The van der Waals surface area contributed by atoms with Gasteiger partial charge in [0.2, 0.25) is 0 Å². The maximum Gasteiger partial charge on any atom is 0.259 e. The van der Waals surface area contributed by atoms with Crippen molar-refractivity contribution in [2.24, 2.45) is 0 Å². The molecule has 0 saturated heterocycles. The average Bonchev–Trinajstić information content (AvgIpc) is 2.60. The first kappa shape index (κ1) is 12.2. The molecule has 2 heterocycles. The van der Waals surface area contributed by atoms with Crippen molar-refractivity contribution in [3.63, 3.8) is 0 Å². The fourth-order valence-corrected chi connectivity index (χ4v) is 2.60. The van der Waals surface area contributed by atoms with Gasteiger partial charge in [-0.15, -0.1) is 11.3 Å². The van der Waals surface area contributed by atoms with E-state index in [1.165, 1.54) is 11.3 Å². The number of likely N-dealkylation sites (N-methyl/N-ethyl adjacent to an activating group) is 1. The van der Waals surface area contributed by atoms with Crippen molar-refractivity contribution in [2.75, 3.05) is 20.2 Å². The minimum absolute atomic E-state index is 0.0406. The molecular formula is C11H15N3O2S. The largest absolute Gasteiger partial charge is 0.395 e. The zero-order valence-electron chi connectivity index (χ0n) is 9.88. The minimum Gasteiger partial charge on any atom is -0.395 e. The Balaban J connectivity index is 2.34. The number of aromatic nitrogens is 2. The van der Waals surface area contributed by atoms with E-state index < -0.39 is 0 Å². The summed E-state index contributed by atoms with van der Waals surface area (Å²) in [7, 11) is 1.89. The predicted molar refractivity (Wildman–Crippen MR) is 67.5 cm³/mol. The number of aliphatic hydroxyl groups is 1. The summed E-state index contributed by atoms with van der Waals surface area (Å²) in [6.07, 6.45) is 0. The van der Waals surface area contributed by atoms with Crippen molar-refractivity contribution in [2.45, 2.75) is 13.5 Å². The molecule has 5 nitrogen and oxygen atoms in total. The standard InChI is InChI=1S/C11H15N3O2S/c1-8-7-17-11-12-9(5-10(16)14(8)11)6-13(2)3-4-15/h5,7,15H,3-4,6H2,1-2H3. The van der Waals surface area contributed by atoms with Crippen LogP contribution >= 0.6 is 11.3 Å². The van der Waals surface area contributed by atoms with Crippen molar-refractivity contribution in [1.82, 2.24) is 14.3 Å². The number of rotatable bonds is 4. The van der Waals surface area contributed by atoms with Crippen LogP contribution in [-0.2, 0) is 6.54 Å². The van der Waals surface area contributed by atoms with Gasteiger partial charge in [-0.3, -0.25) is 14.1 Å². The molecule has 0 amide bonds. The molecule has 0 aliphatic heterocycles. The van der Waals surface area contributed by atoms with Gasteiger partial charge in [-0.05, 0) is 14.0 Å². The van der Waals surface area contributed by atoms with E-state index in [0.717, 1.165) is 16.3 Å². The molecule has 0 spiro atoms. The molecule has 17 heavy (non-hydrogen) atoms. The van der Waals surface area contributed by atoms with Crippen LogP contribution in [0.5, 0.6) is 0 Å². The Labute approximate surface area is 103 Å². The predicted octanol–water partition coefficient (Wildman–Crippen LogP) is 0.489. The summed E-state index contributed by atoms with van der Waals surface area (Å²) in [5.74, 6) is 0. The van der Waals surface area contributed by atoms with Gasteiger partial charge >= 0.3 is 0 Å². The van der Waals surface area contributed by atoms with E-state index in [4.69, 9.17) is 5.11 Å². The molecule has 0 aliphatic carbocycles. The van der Waals surface area contributed by atoms with Crippen LogP contribution in [-0.4, -0.2) is 39.6 Å². The van der Waals surface area contributed by atoms with Crippen LogP contribution < -0.4 is 5.56 Å². The van der Waals surface area contributed by atoms with E-state index in [2.05, 4.69) is 4.98 Å². The molecule has 2 aromatic rings. The van der Waals surface area contributed by atoms with Gasteiger partial charge in [0.1, 0.15) is 0 Å². The number of nitrogens with zero attached hydrogens (tertiary/aromatic N) is 3. The number of aliphatic hydroxyl groups excluding tert-OH is 1. The molecule has 92 valence electrons. The third-order valence-corrected chi connectivity index (χ3v) is 3.49. The Kier molecular flexibility index (Phi) is 3.56. The van der Waals surface area contributed by atoms with Crippen molar-refractivity contribution in [3.8, 4) is 0 Å². The molecule has 2 aromatic heterocycles. The van der Waals surface area contributed by atoms with E-state index in [1.54, 1.807) is 10.5 Å². The van der Waals surface area contributed by atoms with Crippen LogP contribution in [0.15, 0.2) is 16.2 Å². The van der Waals surface area contributed by atoms with Crippen LogP contribution in [0.25, 0.3) is 4.96 Å². The van der Waals surface area contributed by atoms with Gasteiger partial charge in [0.15, 0.2) is 4.96 Å². The third-order valence-electron chi connectivity index (χ3n) is 2.54. The lowest BCUT2D eigenvalue weighted by molar-refractivity contribution is 0.216. The van der Waals surface area contributed by atoms with Crippen LogP contribution in [0.3, 0.4) is 0 Å². The monoisotopic (exact) mass is 253 g/mol. The fraction of sp³-hybridized carbons (Fsp3) is 0.455. The molecular weight excluding hydrogens is 238 g/mol. The molecule has 0 atom stereocenters. The van der Waals surface area contributed by atoms with E-state index in [1.807, 2.05) is 24.3 Å². The summed E-state index contributed by atoms with van der Waals surface area (Å²) in [6, 6.07) is 1.56. The smallest absolute Gasteiger partial charge is 0.259 e. The normalized spacial score (nSPS) is 11.5. The Morgan fingerprint density at radius 3 is 3.06 bits per heavy atom. The lowest BCUT2D eigenvalue weighted by atomic mass is 10.3. The summed E-state index contributed by atoms with van der Waals surface area (Å²) >= 11 is 1.47. The van der Waals surface area contributed by atoms with Gasteiger partial charge < -0.3 is 5.11 Å². The fourth-order valence-electron chi connectivity index (χ4n) is 1.71. The van der Waals surface area contributed by atoms with Gasteiger partial charge in [-0.2, -0.15) is 0 Å². The summed E-state index contributed by atoms with van der Waals surface area (Å²) in [4.78, 5) is 19.0. The van der Waals surface area contributed by atoms with Gasteiger partial charge in [-0.1, -0.05) is 0 Å². The molecule has 0 radical (unpaired) electrons. The topological polar surface area (TPSA) is 57.8 Å². The summed E-state index contributed by atoms with van der Waals surface area (Å²) in [6.45, 7) is 3.15. The zero-order valence-corrected chi connectivity index (χ0v) is 10.7. The Morgan fingerprint density at radius 2 is 2.35 bits per heavy atom. The van der Waals surface area contributed by atoms with E-state index >= 15 is 0 Å².